The van der Waals surface area contributed by atoms with Crippen molar-refractivity contribution in [2.45, 2.75) is 32.8 Å². The number of para-hydroxylation sites is 1. The summed E-state index contributed by atoms with van der Waals surface area (Å²) in [7, 11) is 0. The molecule has 1 atom stereocenters. The number of carbonyl (C=O) groups excluding carboxylic acids is 1. The smallest absolute Gasteiger partial charge is 0.224 e. The van der Waals surface area contributed by atoms with E-state index in [1.165, 1.54) is 11.1 Å². The van der Waals surface area contributed by atoms with Gasteiger partial charge in [0.05, 0.1) is 18.7 Å². The molecule has 130 valence electrons. The van der Waals surface area contributed by atoms with Gasteiger partial charge in [-0.25, -0.2) is 0 Å². The summed E-state index contributed by atoms with van der Waals surface area (Å²) in [6.45, 7) is 4.55. The van der Waals surface area contributed by atoms with Gasteiger partial charge in [0.2, 0.25) is 5.91 Å². The average Bonchev–Trinajstić information content (AvgIpc) is 3.07. The highest BCUT2D eigenvalue weighted by atomic mass is 16.6. The molecule has 0 spiro atoms. The van der Waals surface area contributed by atoms with Gasteiger partial charge in [-0.2, -0.15) is 0 Å². The maximum atomic E-state index is 12.0. The summed E-state index contributed by atoms with van der Waals surface area (Å²) in [5.74, 6) is -0.0140. The number of rotatable bonds is 5. The fourth-order valence-corrected chi connectivity index (χ4v) is 2.75. The van der Waals surface area contributed by atoms with E-state index in [9.17, 15) is 9.90 Å². The molecule has 2 N–H and O–H groups in total. The molecule has 0 saturated heterocycles. The van der Waals surface area contributed by atoms with Gasteiger partial charge in [-0.05, 0) is 42.7 Å². The van der Waals surface area contributed by atoms with Crippen LogP contribution in [0.25, 0.3) is 0 Å². The van der Waals surface area contributed by atoms with Crippen LogP contribution >= 0.6 is 0 Å². The minimum atomic E-state index is -0.162. The van der Waals surface area contributed by atoms with Crippen molar-refractivity contribution in [1.82, 2.24) is 5.32 Å². The molecule has 1 heterocycles. The Balaban J connectivity index is 1.50. The first-order valence-electron chi connectivity index (χ1n) is 8.37. The minimum Gasteiger partial charge on any atom is -0.508 e. The first-order chi connectivity index (χ1) is 12.0. The van der Waals surface area contributed by atoms with E-state index >= 15 is 0 Å². The zero-order chi connectivity index (χ0) is 17.8. The average molecular weight is 338 g/mol. The molecule has 1 aliphatic rings. The normalized spacial score (nSPS) is 16.2. The Bertz CT molecular complexity index is 814. The molecule has 0 aromatic heterocycles. The van der Waals surface area contributed by atoms with E-state index in [1.807, 2.05) is 6.07 Å². The Labute approximate surface area is 147 Å². The van der Waals surface area contributed by atoms with E-state index < -0.39 is 0 Å². The predicted octanol–water partition coefficient (Wildman–Crippen LogP) is 2.86. The molecule has 3 rings (SSSR count). The summed E-state index contributed by atoms with van der Waals surface area (Å²) in [5.41, 5.74) is 5.05. The van der Waals surface area contributed by atoms with Gasteiger partial charge in [-0.15, -0.1) is 0 Å². The molecule has 0 fully saturated rings. The molecule has 1 aliphatic heterocycles. The van der Waals surface area contributed by atoms with Gasteiger partial charge in [0.15, 0.2) is 0 Å². The standard InChI is InChI=1S/C20H22N2O3/c1-13-7-8-15(9-14(13)2)18-11-17(25-22-18)12-21-20(24)10-16-5-3-4-6-19(16)23/h3-9,17,23H,10-12H2,1-2H3,(H,21,24). The summed E-state index contributed by atoms with van der Waals surface area (Å²) < 4.78 is 0. The molecule has 1 unspecified atom stereocenters. The quantitative estimate of drug-likeness (QED) is 0.881. The van der Waals surface area contributed by atoms with Crippen molar-refractivity contribution in [2.75, 3.05) is 6.54 Å². The minimum absolute atomic E-state index is 0.134. The molecule has 0 radical (unpaired) electrons. The number of hydrogen-bond donors (Lipinski definition) is 2. The Morgan fingerprint density at radius 1 is 1.24 bits per heavy atom. The second kappa shape index (κ2) is 7.38. The van der Waals surface area contributed by atoms with Gasteiger partial charge < -0.3 is 15.3 Å². The Hall–Kier alpha value is -2.82. The van der Waals surface area contributed by atoms with Crippen LogP contribution in [0.4, 0.5) is 0 Å². The zero-order valence-electron chi connectivity index (χ0n) is 14.5. The summed E-state index contributed by atoms with van der Waals surface area (Å²) in [6, 6.07) is 13.1. The number of hydrogen-bond acceptors (Lipinski definition) is 4. The van der Waals surface area contributed by atoms with E-state index in [0.29, 0.717) is 18.5 Å². The molecular weight excluding hydrogens is 316 g/mol. The van der Waals surface area contributed by atoms with Crippen LogP contribution in [0.3, 0.4) is 0 Å². The molecule has 5 heteroatoms. The van der Waals surface area contributed by atoms with Gasteiger partial charge in [-0.1, -0.05) is 35.5 Å². The number of aromatic hydroxyl groups is 1. The number of amides is 1. The fraction of sp³-hybridized carbons (Fsp3) is 0.300. The van der Waals surface area contributed by atoms with E-state index in [0.717, 1.165) is 11.3 Å². The lowest BCUT2D eigenvalue weighted by molar-refractivity contribution is -0.121. The monoisotopic (exact) mass is 338 g/mol. The third-order valence-electron chi connectivity index (χ3n) is 4.44. The molecule has 0 aliphatic carbocycles. The lowest BCUT2D eigenvalue weighted by Gasteiger charge is -2.10. The van der Waals surface area contributed by atoms with Gasteiger partial charge in [0, 0.05) is 12.0 Å². The first-order valence-corrected chi connectivity index (χ1v) is 8.37. The number of benzene rings is 2. The second-order valence-electron chi connectivity index (χ2n) is 6.38. The van der Waals surface area contributed by atoms with Crippen LogP contribution in [0.2, 0.25) is 0 Å². The highest BCUT2D eigenvalue weighted by Gasteiger charge is 2.23. The van der Waals surface area contributed by atoms with Crippen molar-refractivity contribution in [2.24, 2.45) is 5.16 Å². The predicted molar refractivity (Wildman–Crippen MR) is 96.8 cm³/mol. The number of oxime groups is 1. The van der Waals surface area contributed by atoms with Gasteiger partial charge >= 0.3 is 0 Å². The number of phenolic OH excluding ortho intramolecular Hbond substituents is 1. The number of aryl methyl sites for hydroxylation is 2. The van der Waals surface area contributed by atoms with E-state index in [1.54, 1.807) is 24.3 Å². The van der Waals surface area contributed by atoms with Crippen molar-refractivity contribution in [1.29, 1.82) is 0 Å². The number of nitrogens with zero attached hydrogens (tertiary/aromatic N) is 1. The highest BCUT2D eigenvalue weighted by molar-refractivity contribution is 6.01. The molecule has 0 bridgehead atoms. The summed E-state index contributed by atoms with van der Waals surface area (Å²) in [4.78, 5) is 17.5. The van der Waals surface area contributed by atoms with Crippen LogP contribution in [0.1, 0.15) is 28.7 Å². The number of nitrogens with one attached hydrogen (secondary N) is 1. The number of carbonyl (C=O) groups is 1. The van der Waals surface area contributed by atoms with Gasteiger partial charge in [-0.3, -0.25) is 4.79 Å². The van der Waals surface area contributed by atoms with E-state index in [4.69, 9.17) is 4.84 Å². The van der Waals surface area contributed by atoms with Gasteiger partial charge in [0.1, 0.15) is 11.9 Å². The summed E-state index contributed by atoms with van der Waals surface area (Å²) in [6.07, 6.45) is 0.647. The topological polar surface area (TPSA) is 70.9 Å². The van der Waals surface area contributed by atoms with E-state index in [-0.39, 0.29) is 24.2 Å². The highest BCUT2D eigenvalue weighted by Crippen LogP contribution is 2.19. The third-order valence-corrected chi connectivity index (χ3v) is 4.44. The van der Waals surface area contributed by atoms with Crippen LogP contribution in [0.15, 0.2) is 47.6 Å². The summed E-state index contributed by atoms with van der Waals surface area (Å²) >= 11 is 0. The Morgan fingerprint density at radius 3 is 2.80 bits per heavy atom. The van der Waals surface area contributed by atoms with Crippen molar-refractivity contribution in [3.63, 3.8) is 0 Å². The van der Waals surface area contributed by atoms with Crippen LogP contribution in [-0.2, 0) is 16.1 Å². The molecule has 2 aromatic rings. The van der Waals surface area contributed by atoms with Crippen LogP contribution in [-0.4, -0.2) is 29.4 Å². The van der Waals surface area contributed by atoms with Crippen LogP contribution < -0.4 is 5.32 Å². The maximum Gasteiger partial charge on any atom is 0.224 e. The van der Waals surface area contributed by atoms with Crippen LogP contribution in [0, 0.1) is 13.8 Å². The lowest BCUT2D eigenvalue weighted by Crippen LogP contribution is -2.33. The SMILES string of the molecule is Cc1ccc(C2=NOC(CNC(=O)Cc3ccccc3O)C2)cc1C. The second-order valence-corrected chi connectivity index (χ2v) is 6.38. The van der Waals surface area contributed by atoms with E-state index in [2.05, 4.69) is 36.5 Å². The lowest BCUT2D eigenvalue weighted by atomic mass is 10.0. The fourth-order valence-electron chi connectivity index (χ4n) is 2.75. The third kappa shape index (κ3) is 4.18. The van der Waals surface area contributed by atoms with Crippen molar-refractivity contribution in [3.05, 3.63) is 64.7 Å². The van der Waals surface area contributed by atoms with Crippen molar-refractivity contribution >= 4 is 11.6 Å². The maximum absolute atomic E-state index is 12.0. The Morgan fingerprint density at radius 2 is 2.04 bits per heavy atom. The largest absolute Gasteiger partial charge is 0.508 e. The molecule has 2 aromatic carbocycles. The Kier molecular flexibility index (Phi) is 5.03. The molecule has 25 heavy (non-hydrogen) atoms. The molecule has 5 nitrogen and oxygen atoms in total. The molecule has 1 amide bonds. The first kappa shape index (κ1) is 17.0. The molecule has 0 saturated carbocycles. The zero-order valence-corrected chi connectivity index (χ0v) is 14.5. The van der Waals surface area contributed by atoms with Crippen molar-refractivity contribution in [3.8, 4) is 5.75 Å². The van der Waals surface area contributed by atoms with Crippen molar-refractivity contribution < 1.29 is 14.7 Å². The number of phenols is 1. The summed E-state index contributed by atoms with van der Waals surface area (Å²) in [5, 5.41) is 16.7. The molecular formula is C20H22N2O3. The van der Waals surface area contributed by atoms with Gasteiger partial charge in [0.25, 0.3) is 0 Å². The van der Waals surface area contributed by atoms with Crippen LogP contribution in [0.5, 0.6) is 5.75 Å².